The van der Waals surface area contributed by atoms with Gasteiger partial charge in [-0.25, -0.2) is 0 Å². The van der Waals surface area contributed by atoms with E-state index in [4.69, 9.17) is 0 Å². The number of carbonyl (C=O) groups is 1. The van der Waals surface area contributed by atoms with E-state index in [1.165, 1.54) is 13.8 Å². The van der Waals surface area contributed by atoms with Crippen molar-refractivity contribution in [1.29, 1.82) is 0 Å². The van der Waals surface area contributed by atoms with Crippen LogP contribution >= 0.6 is 0 Å². The molecule has 3 heteroatoms. The Morgan fingerprint density at radius 1 is 1.70 bits per heavy atom. The maximum absolute atomic E-state index is 10.4. The van der Waals surface area contributed by atoms with Crippen molar-refractivity contribution < 1.29 is 14.3 Å². The highest BCUT2D eigenvalue weighted by molar-refractivity contribution is 5.72. The molecule has 0 saturated carbocycles. The number of esters is 1. The lowest BCUT2D eigenvalue weighted by Gasteiger charge is -2.18. The molecule has 0 saturated heterocycles. The molecule has 0 aliphatic heterocycles. The molecule has 0 aliphatic carbocycles. The van der Waals surface area contributed by atoms with Crippen LogP contribution in [0.3, 0.4) is 0 Å². The summed E-state index contributed by atoms with van der Waals surface area (Å²) in [5.74, 6) is -0.451. The Bertz CT molecular complexity index is 142. The highest BCUT2D eigenvalue weighted by Gasteiger charge is 2.25. The first-order valence-electron chi connectivity index (χ1n) is 3.13. The van der Waals surface area contributed by atoms with Crippen LogP contribution in [0.4, 0.5) is 0 Å². The van der Waals surface area contributed by atoms with Gasteiger partial charge in [-0.1, -0.05) is 6.92 Å². The normalized spacial score (nSPS) is 15.5. The summed E-state index contributed by atoms with van der Waals surface area (Å²) in [4.78, 5) is 20.6. The first-order chi connectivity index (χ1) is 4.54. The Morgan fingerprint density at radius 3 is 2.30 bits per heavy atom. The van der Waals surface area contributed by atoms with Crippen molar-refractivity contribution in [2.24, 2.45) is 0 Å². The van der Waals surface area contributed by atoms with Gasteiger partial charge in [-0.3, -0.25) is 9.59 Å². The van der Waals surface area contributed by atoms with Gasteiger partial charge in [0.25, 0.3) is 0 Å². The van der Waals surface area contributed by atoms with Crippen LogP contribution in [0.2, 0.25) is 0 Å². The van der Waals surface area contributed by atoms with Crippen LogP contribution in [0.5, 0.6) is 0 Å². The SMILES string of the molecule is CCC(C)([C]=O)OC(C)=O. The molecule has 0 aromatic carbocycles. The van der Waals surface area contributed by atoms with Crippen LogP contribution < -0.4 is 0 Å². The Labute approximate surface area is 60.4 Å². The molecule has 0 aliphatic rings. The van der Waals surface area contributed by atoms with Gasteiger partial charge in [-0.15, -0.1) is 0 Å². The number of ether oxygens (including phenoxy) is 1. The van der Waals surface area contributed by atoms with Crippen molar-refractivity contribution in [2.45, 2.75) is 32.8 Å². The summed E-state index contributed by atoms with van der Waals surface area (Å²) >= 11 is 0. The monoisotopic (exact) mass is 143 g/mol. The summed E-state index contributed by atoms with van der Waals surface area (Å²) in [6, 6.07) is 0. The minimum absolute atomic E-state index is 0.451. The van der Waals surface area contributed by atoms with Crippen molar-refractivity contribution >= 4 is 12.3 Å². The fourth-order valence-corrected chi connectivity index (χ4v) is 0.482. The van der Waals surface area contributed by atoms with Gasteiger partial charge in [-0.2, -0.15) is 0 Å². The summed E-state index contributed by atoms with van der Waals surface area (Å²) in [6.45, 7) is 4.56. The molecule has 0 spiro atoms. The van der Waals surface area contributed by atoms with Crippen LogP contribution in [0, 0.1) is 0 Å². The molecule has 57 valence electrons. The second-order valence-corrected chi connectivity index (χ2v) is 2.28. The summed E-state index contributed by atoms with van der Waals surface area (Å²) in [7, 11) is 0. The standard InChI is InChI=1S/C7H11O3/c1-4-7(3,5-8)10-6(2)9/h4H2,1-3H3. The zero-order chi connectivity index (χ0) is 8.20. The summed E-state index contributed by atoms with van der Waals surface area (Å²) in [6.07, 6.45) is 2.12. The van der Waals surface area contributed by atoms with E-state index in [9.17, 15) is 9.59 Å². The fourth-order valence-electron chi connectivity index (χ4n) is 0.482. The third-order valence-electron chi connectivity index (χ3n) is 1.26. The lowest BCUT2D eigenvalue weighted by Crippen LogP contribution is -2.31. The smallest absolute Gasteiger partial charge is 0.303 e. The average molecular weight is 143 g/mol. The first kappa shape index (κ1) is 9.14. The van der Waals surface area contributed by atoms with Crippen LogP contribution in [-0.4, -0.2) is 17.9 Å². The van der Waals surface area contributed by atoms with Gasteiger partial charge in [0.1, 0.15) is 0 Å². The van der Waals surface area contributed by atoms with Gasteiger partial charge in [0.15, 0.2) is 5.60 Å². The maximum Gasteiger partial charge on any atom is 0.303 e. The van der Waals surface area contributed by atoms with E-state index in [0.29, 0.717) is 6.42 Å². The Morgan fingerprint density at radius 2 is 2.20 bits per heavy atom. The number of rotatable bonds is 3. The van der Waals surface area contributed by atoms with Crippen molar-refractivity contribution in [3.05, 3.63) is 0 Å². The molecule has 0 aromatic heterocycles. The van der Waals surface area contributed by atoms with Gasteiger partial charge in [0.2, 0.25) is 6.29 Å². The summed E-state index contributed by atoms with van der Waals surface area (Å²) in [5.41, 5.74) is -1.05. The molecule has 0 N–H and O–H groups in total. The fraction of sp³-hybridized carbons (Fsp3) is 0.714. The van der Waals surface area contributed by atoms with Crippen LogP contribution in [0.15, 0.2) is 0 Å². The van der Waals surface area contributed by atoms with Crippen molar-refractivity contribution in [3.8, 4) is 0 Å². The molecule has 10 heavy (non-hydrogen) atoms. The molecule has 1 atom stereocenters. The Hall–Kier alpha value is -0.860. The molecular weight excluding hydrogens is 132 g/mol. The van der Waals surface area contributed by atoms with Gasteiger partial charge in [-0.05, 0) is 13.3 Å². The Balaban J connectivity index is 4.05. The third kappa shape index (κ3) is 2.62. The molecule has 0 fully saturated rings. The van der Waals surface area contributed by atoms with Crippen molar-refractivity contribution in [2.75, 3.05) is 0 Å². The van der Waals surface area contributed by atoms with Crippen LogP contribution in [-0.2, 0) is 14.3 Å². The first-order valence-corrected chi connectivity index (χ1v) is 3.13. The largest absolute Gasteiger partial charge is 0.451 e. The van der Waals surface area contributed by atoms with E-state index in [0.717, 1.165) is 0 Å². The summed E-state index contributed by atoms with van der Waals surface area (Å²) < 4.78 is 4.67. The molecule has 0 rings (SSSR count). The lowest BCUT2D eigenvalue weighted by atomic mass is 10.1. The molecule has 0 bridgehead atoms. The zero-order valence-electron chi connectivity index (χ0n) is 6.43. The lowest BCUT2D eigenvalue weighted by molar-refractivity contribution is -0.149. The van der Waals surface area contributed by atoms with E-state index in [-0.39, 0.29) is 0 Å². The second-order valence-electron chi connectivity index (χ2n) is 2.28. The number of hydrogen-bond acceptors (Lipinski definition) is 3. The van der Waals surface area contributed by atoms with Crippen molar-refractivity contribution in [3.63, 3.8) is 0 Å². The average Bonchev–Trinajstić information content (AvgIpc) is 1.87. The molecule has 3 nitrogen and oxygen atoms in total. The summed E-state index contributed by atoms with van der Waals surface area (Å²) in [5, 5.41) is 0. The van der Waals surface area contributed by atoms with E-state index < -0.39 is 11.6 Å². The van der Waals surface area contributed by atoms with Crippen LogP contribution in [0.25, 0.3) is 0 Å². The molecule has 0 heterocycles. The molecule has 1 unspecified atom stereocenters. The van der Waals surface area contributed by atoms with Crippen molar-refractivity contribution in [1.82, 2.24) is 0 Å². The predicted octanol–water partition coefficient (Wildman–Crippen LogP) is 0.828. The van der Waals surface area contributed by atoms with Gasteiger partial charge >= 0.3 is 5.97 Å². The maximum atomic E-state index is 10.4. The molecular formula is C7H11O3. The number of carbonyl (C=O) groups excluding carboxylic acids is 2. The molecule has 0 aromatic rings. The minimum atomic E-state index is -1.05. The Kier molecular flexibility index (Phi) is 3.06. The quantitative estimate of drug-likeness (QED) is 0.549. The topological polar surface area (TPSA) is 43.4 Å². The highest BCUT2D eigenvalue weighted by atomic mass is 16.6. The predicted molar refractivity (Wildman–Crippen MR) is 36.2 cm³/mol. The van der Waals surface area contributed by atoms with E-state index in [2.05, 4.69) is 4.74 Å². The van der Waals surface area contributed by atoms with Gasteiger partial charge < -0.3 is 4.74 Å². The molecule has 0 amide bonds. The van der Waals surface area contributed by atoms with E-state index >= 15 is 0 Å². The van der Waals surface area contributed by atoms with Crippen LogP contribution in [0.1, 0.15) is 27.2 Å². The second kappa shape index (κ2) is 3.34. The van der Waals surface area contributed by atoms with Gasteiger partial charge in [0, 0.05) is 6.92 Å². The number of hydrogen-bond donors (Lipinski definition) is 0. The van der Waals surface area contributed by atoms with E-state index in [1.54, 1.807) is 13.2 Å². The van der Waals surface area contributed by atoms with E-state index in [1.807, 2.05) is 0 Å². The molecule has 1 radical (unpaired) electrons. The van der Waals surface area contributed by atoms with Gasteiger partial charge in [0.05, 0.1) is 0 Å². The minimum Gasteiger partial charge on any atom is -0.451 e. The highest BCUT2D eigenvalue weighted by Crippen LogP contribution is 2.11. The zero-order valence-corrected chi connectivity index (χ0v) is 6.43. The third-order valence-corrected chi connectivity index (χ3v) is 1.26.